The van der Waals surface area contributed by atoms with Gasteiger partial charge >= 0.3 is 6.09 Å². The predicted octanol–water partition coefficient (Wildman–Crippen LogP) is 6.30. The molecule has 1 amide bonds. The number of rotatable bonds is 4. The van der Waals surface area contributed by atoms with Crippen molar-refractivity contribution in [3.8, 4) is 0 Å². The molecule has 1 aliphatic heterocycles. The lowest BCUT2D eigenvalue weighted by atomic mass is 10.0. The van der Waals surface area contributed by atoms with Crippen molar-refractivity contribution < 1.29 is 18.7 Å². The fourth-order valence-corrected chi connectivity index (χ4v) is 3.79. The number of nitrogens with zero attached hydrogens (tertiary/aromatic N) is 2. The summed E-state index contributed by atoms with van der Waals surface area (Å²) in [5, 5.41) is 0. The Kier molecular flexibility index (Phi) is 7.08. The first kappa shape index (κ1) is 23.6. The first-order valence-electron chi connectivity index (χ1n) is 11.4. The molecule has 4 rings (SSSR count). The molecule has 0 aromatic heterocycles. The molecule has 5 nitrogen and oxygen atoms in total. The summed E-state index contributed by atoms with van der Waals surface area (Å²) in [6.07, 6.45) is -0.986. The zero-order valence-corrected chi connectivity index (χ0v) is 19.7. The average molecular weight is 461 g/mol. The molecule has 0 saturated carbocycles. The molecule has 0 radical (unpaired) electrons. The molecule has 1 atom stereocenters. The molecule has 176 valence electrons. The second kappa shape index (κ2) is 10.2. The van der Waals surface area contributed by atoms with E-state index in [0.29, 0.717) is 24.4 Å². The Labute approximate surface area is 199 Å². The molecule has 1 saturated heterocycles. The van der Waals surface area contributed by atoms with Crippen LogP contribution in [0.2, 0.25) is 0 Å². The maximum atomic E-state index is 15.2. The van der Waals surface area contributed by atoms with E-state index in [-0.39, 0.29) is 6.54 Å². The van der Waals surface area contributed by atoms with Gasteiger partial charge in [0, 0.05) is 23.2 Å². The molecule has 0 unspecified atom stereocenters. The monoisotopic (exact) mass is 460 g/mol. The Morgan fingerprint density at radius 1 is 1.00 bits per heavy atom. The summed E-state index contributed by atoms with van der Waals surface area (Å²) in [5.41, 5.74) is 2.96. The topological polar surface area (TPSA) is 51.1 Å². The predicted molar refractivity (Wildman–Crippen MR) is 131 cm³/mol. The quantitative estimate of drug-likeness (QED) is 0.429. The van der Waals surface area contributed by atoms with Crippen LogP contribution >= 0.6 is 0 Å². The van der Waals surface area contributed by atoms with E-state index in [1.807, 2.05) is 81.4 Å². The van der Waals surface area contributed by atoms with E-state index < -0.39 is 23.6 Å². The highest BCUT2D eigenvalue weighted by Crippen LogP contribution is 2.29. The Hall–Kier alpha value is -3.51. The fourth-order valence-electron chi connectivity index (χ4n) is 3.79. The van der Waals surface area contributed by atoms with Crippen LogP contribution in [0.25, 0.3) is 0 Å². The van der Waals surface area contributed by atoms with Gasteiger partial charge in [0.2, 0.25) is 0 Å². The smallest absolute Gasteiger partial charge is 0.410 e. The van der Waals surface area contributed by atoms with Crippen LogP contribution in [0, 0.1) is 5.82 Å². The maximum Gasteiger partial charge on any atom is 0.410 e. The van der Waals surface area contributed by atoms with Gasteiger partial charge in [-0.1, -0.05) is 66.7 Å². The highest BCUT2D eigenvalue weighted by molar-refractivity contribution is 6.13. The van der Waals surface area contributed by atoms with Gasteiger partial charge in [0.1, 0.15) is 17.5 Å². The lowest BCUT2D eigenvalue weighted by Gasteiger charge is -2.34. The van der Waals surface area contributed by atoms with Crippen LogP contribution in [-0.2, 0) is 9.47 Å². The Bertz CT molecular complexity index is 1120. The SMILES string of the molecule is CC(C)(C)OC(=O)N1CCO[C@@H](c2ccc(N=C(c3ccccc3)c3ccccc3)cc2F)C1. The summed E-state index contributed by atoms with van der Waals surface area (Å²) in [7, 11) is 0. The van der Waals surface area contributed by atoms with Gasteiger partial charge in [-0.2, -0.15) is 0 Å². The number of halogens is 1. The molecule has 3 aromatic carbocycles. The van der Waals surface area contributed by atoms with E-state index in [4.69, 9.17) is 14.5 Å². The summed E-state index contributed by atoms with van der Waals surface area (Å²) in [6.45, 7) is 6.42. The molecule has 0 N–H and O–H groups in total. The van der Waals surface area contributed by atoms with Crippen LogP contribution in [0.3, 0.4) is 0 Å². The van der Waals surface area contributed by atoms with E-state index >= 15 is 4.39 Å². The van der Waals surface area contributed by atoms with Crippen LogP contribution in [0.5, 0.6) is 0 Å². The summed E-state index contributed by atoms with van der Waals surface area (Å²) in [6, 6.07) is 24.5. The summed E-state index contributed by atoms with van der Waals surface area (Å²) in [5.74, 6) is -0.419. The third kappa shape index (κ3) is 5.88. The van der Waals surface area contributed by atoms with Crippen molar-refractivity contribution in [3.63, 3.8) is 0 Å². The van der Waals surface area contributed by atoms with E-state index in [1.54, 1.807) is 17.0 Å². The molecule has 6 heteroatoms. The third-order valence-corrected chi connectivity index (χ3v) is 5.38. The lowest BCUT2D eigenvalue weighted by molar-refractivity contribution is -0.0443. The first-order valence-corrected chi connectivity index (χ1v) is 11.4. The molecule has 1 aliphatic rings. The van der Waals surface area contributed by atoms with Gasteiger partial charge in [0.05, 0.1) is 24.6 Å². The van der Waals surface area contributed by atoms with E-state index in [1.165, 1.54) is 6.07 Å². The summed E-state index contributed by atoms with van der Waals surface area (Å²) >= 11 is 0. The molecular formula is C28H29FN2O3. The minimum Gasteiger partial charge on any atom is -0.444 e. The lowest BCUT2D eigenvalue weighted by Crippen LogP contribution is -2.44. The number of carbonyl (C=O) groups excluding carboxylic acids is 1. The van der Waals surface area contributed by atoms with Crippen molar-refractivity contribution in [2.75, 3.05) is 19.7 Å². The minimum absolute atomic E-state index is 0.230. The van der Waals surface area contributed by atoms with Crippen molar-refractivity contribution in [2.45, 2.75) is 32.5 Å². The molecule has 0 spiro atoms. The summed E-state index contributed by atoms with van der Waals surface area (Å²) < 4.78 is 26.5. The Morgan fingerprint density at radius 2 is 1.62 bits per heavy atom. The summed E-state index contributed by atoms with van der Waals surface area (Å²) in [4.78, 5) is 18.8. The van der Waals surface area contributed by atoms with E-state index in [2.05, 4.69) is 0 Å². The fraction of sp³-hybridized carbons (Fsp3) is 0.286. The van der Waals surface area contributed by atoms with Crippen LogP contribution in [-0.4, -0.2) is 42.0 Å². The van der Waals surface area contributed by atoms with Gasteiger partial charge in [0.25, 0.3) is 0 Å². The van der Waals surface area contributed by atoms with Crippen LogP contribution in [0.1, 0.15) is 43.6 Å². The first-order chi connectivity index (χ1) is 16.3. The van der Waals surface area contributed by atoms with Crippen molar-refractivity contribution in [2.24, 2.45) is 4.99 Å². The van der Waals surface area contributed by atoms with Crippen molar-refractivity contribution in [3.05, 3.63) is 101 Å². The van der Waals surface area contributed by atoms with Gasteiger partial charge in [0.15, 0.2) is 0 Å². The number of hydrogen-bond acceptors (Lipinski definition) is 4. The normalized spacial score (nSPS) is 16.1. The number of morpholine rings is 1. The number of aliphatic imine (C=N–C) groups is 1. The van der Waals surface area contributed by atoms with Gasteiger partial charge in [-0.15, -0.1) is 0 Å². The highest BCUT2D eigenvalue weighted by Gasteiger charge is 2.30. The van der Waals surface area contributed by atoms with E-state index in [9.17, 15) is 4.79 Å². The third-order valence-electron chi connectivity index (χ3n) is 5.38. The molecular weight excluding hydrogens is 431 g/mol. The standard InChI is InChI=1S/C28H29FN2O3/c1-28(2,3)34-27(32)31-16-17-33-25(19-31)23-15-14-22(18-24(23)29)30-26(20-10-6-4-7-11-20)21-12-8-5-9-13-21/h4-15,18,25H,16-17,19H2,1-3H3/t25-/m1/s1. The Morgan fingerprint density at radius 3 is 2.18 bits per heavy atom. The Balaban J connectivity index is 1.59. The second-order valence-electron chi connectivity index (χ2n) is 9.18. The zero-order valence-electron chi connectivity index (χ0n) is 19.7. The molecule has 34 heavy (non-hydrogen) atoms. The molecule has 3 aromatic rings. The van der Waals surface area contributed by atoms with Gasteiger partial charge in [-0.3, -0.25) is 0 Å². The van der Waals surface area contributed by atoms with Gasteiger partial charge in [-0.25, -0.2) is 14.2 Å². The second-order valence-corrected chi connectivity index (χ2v) is 9.18. The molecule has 0 bridgehead atoms. The minimum atomic E-state index is -0.592. The van der Waals surface area contributed by atoms with Crippen LogP contribution in [0.15, 0.2) is 83.9 Å². The molecule has 1 heterocycles. The van der Waals surface area contributed by atoms with Crippen LogP contribution < -0.4 is 0 Å². The molecule has 0 aliphatic carbocycles. The zero-order chi connectivity index (χ0) is 24.1. The van der Waals surface area contributed by atoms with Crippen LogP contribution in [0.4, 0.5) is 14.9 Å². The highest BCUT2D eigenvalue weighted by atomic mass is 19.1. The molecule has 1 fully saturated rings. The van der Waals surface area contributed by atoms with E-state index in [0.717, 1.165) is 16.8 Å². The van der Waals surface area contributed by atoms with Gasteiger partial charge < -0.3 is 14.4 Å². The number of carbonyl (C=O) groups is 1. The number of ether oxygens (including phenoxy) is 2. The van der Waals surface area contributed by atoms with Crippen molar-refractivity contribution in [1.82, 2.24) is 4.90 Å². The number of benzene rings is 3. The average Bonchev–Trinajstić information content (AvgIpc) is 2.83. The van der Waals surface area contributed by atoms with Crippen molar-refractivity contribution >= 4 is 17.5 Å². The number of hydrogen-bond donors (Lipinski definition) is 0. The maximum absolute atomic E-state index is 15.2. The van der Waals surface area contributed by atoms with Crippen molar-refractivity contribution in [1.29, 1.82) is 0 Å². The number of amides is 1. The largest absolute Gasteiger partial charge is 0.444 e. The van der Waals surface area contributed by atoms with Gasteiger partial charge in [-0.05, 0) is 32.9 Å².